The Morgan fingerprint density at radius 1 is 0.909 bits per heavy atom. The average Bonchev–Trinajstić information content (AvgIpc) is 3.29. The zero-order valence-corrected chi connectivity index (χ0v) is 19.3. The van der Waals surface area contributed by atoms with Gasteiger partial charge >= 0.3 is 5.97 Å². The predicted octanol–water partition coefficient (Wildman–Crippen LogP) is 4.01. The summed E-state index contributed by atoms with van der Waals surface area (Å²) in [6, 6.07) is 18.0. The van der Waals surface area contributed by atoms with Crippen LogP contribution in [0.15, 0.2) is 71.8 Å². The molecule has 5 nitrogen and oxygen atoms in total. The Bertz CT molecular complexity index is 1320. The summed E-state index contributed by atoms with van der Waals surface area (Å²) < 4.78 is 21.2. The molecule has 0 saturated carbocycles. The Morgan fingerprint density at radius 2 is 1.52 bits per heavy atom. The van der Waals surface area contributed by atoms with Crippen LogP contribution >= 0.6 is 11.8 Å². The molecule has 0 amide bonds. The molecule has 0 aromatic heterocycles. The van der Waals surface area contributed by atoms with Gasteiger partial charge in [0.25, 0.3) is 0 Å². The van der Waals surface area contributed by atoms with Crippen LogP contribution in [0.4, 0.5) is 0 Å². The first-order chi connectivity index (χ1) is 16.1. The predicted molar refractivity (Wildman–Crippen MR) is 128 cm³/mol. The van der Waals surface area contributed by atoms with Gasteiger partial charge in [0.2, 0.25) is 0 Å². The van der Waals surface area contributed by atoms with Crippen molar-refractivity contribution in [3.63, 3.8) is 0 Å². The van der Waals surface area contributed by atoms with Crippen molar-refractivity contribution in [2.24, 2.45) is 0 Å². The van der Waals surface area contributed by atoms with Crippen LogP contribution in [0.1, 0.15) is 21.5 Å². The van der Waals surface area contributed by atoms with E-state index in [9.17, 15) is 4.79 Å². The van der Waals surface area contributed by atoms with E-state index in [-0.39, 0.29) is 0 Å². The Balaban J connectivity index is 1.76. The number of carbonyl (C=O) groups is 1. The summed E-state index contributed by atoms with van der Waals surface area (Å²) >= 11 is 1.69. The van der Waals surface area contributed by atoms with Crippen molar-refractivity contribution in [3.8, 4) is 17.2 Å². The monoisotopic (exact) mass is 458 g/mol. The molecule has 2 aliphatic rings. The number of benzene rings is 3. The highest BCUT2D eigenvalue weighted by molar-refractivity contribution is 8.01. The molecular formula is C27H22O5S. The van der Waals surface area contributed by atoms with Crippen LogP contribution in [0.25, 0.3) is 12.2 Å². The first-order valence-corrected chi connectivity index (χ1v) is 11.2. The molecular weight excluding hydrogens is 436 g/mol. The molecule has 0 aliphatic carbocycles. The van der Waals surface area contributed by atoms with E-state index in [0.717, 1.165) is 38.0 Å². The van der Waals surface area contributed by atoms with Crippen LogP contribution in [-0.2, 0) is 9.48 Å². The Kier molecular flexibility index (Phi) is 5.38. The molecule has 5 rings (SSSR count). The van der Waals surface area contributed by atoms with Crippen molar-refractivity contribution >= 4 is 29.9 Å². The first kappa shape index (κ1) is 21.2. The lowest BCUT2D eigenvalue weighted by molar-refractivity contribution is 0.0598. The number of esters is 1. The van der Waals surface area contributed by atoms with Crippen LogP contribution in [-0.4, -0.2) is 27.3 Å². The number of methoxy groups -OCH3 is 3. The third-order valence-corrected chi connectivity index (χ3v) is 7.43. The summed E-state index contributed by atoms with van der Waals surface area (Å²) in [6.07, 6.45) is 7.48. The molecule has 0 fully saturated rings. The number of fused-ring (bicyclic) bond motifs is 3. The second-order valence-electron chi connectivity index (χ2n) is 7.63. The SMILES string of the molecule is COC(=O)c1cc2c(c3c1=CC=CO3)SC(c1ccc(OC)cc1)(c1ccc(OC)cc1)C=2. The molecule has 0 unspecified atom stereocenters. The minimum atomic E-state index is -0.534. The highest BCUT2D eigenvalue weighted by Crippen LogP contribution is 2.52. The van der Waals surface area contributed by atoms with Crippen LogP contribution in [0.3, 0.4) is 0 Å². The van der Waals surface area contributed by atoms with E-state index in [2.05, 4.69) is 30.3 Å². The molecule has 3 aromatic carbocycles. The molecule has 0 atom stereocenters. The van der Waals surface area contributed by atoms with E-state index in [1.807, 2.05) is 36.4 Å². The van der Waals surface area contributed by atoms with Crippen LogP contribution in [0.5, 0.6) is 17.2 Å². The van der Waals surface area contributed by atoms with Gasteiger partial charge in [0, 0.05) is 5.22 Å². The molecule has 6 heteroatoms. The van der Waals surface area contributed by atoms with Crippen molar-refractivity contribution in [3.05, 3.63) is 94.1 Å². The number of carbonyl (C=O) groups excluding carboxylic acids is 1. The average molecular weight is 459 g/mol. The summed E-state index contributed by atoms with van der Waals surface area (Å²) in [4.78, 5) is 13.5. The lowest BCUT2D eigenvalue weighted by atomic mass is 9.89. The molecule has 166 valence electrons. The molecule has 0 N–H and O–H groups in total. The zero-order chi connectivity index (χ0) is 23.0. The summed E-state index contributed by atoms with van der Waals surface area (Å²) in [5.41, 5.74) is 2.64. The van der Waals surface area contributed by atoms with E-state index >= 15 is 0 Å². The van der Waals surface area contributed by atoms with E-state index in [0.29, 0.717) is 11.3 Å². The number of thioether (sulfide) groups is 1. The maximum absolute atomic E-state index is 12.6. The smallest absolute Gasteiger partial charge is 0.338 e. The molecule has 0 saturated heterocycles. The number of ether oxygens (including phenoxy) is 4. The molecule has 2 heterocycles. The van der Waals surface area contributed by atoms with E-state index in [1.54, 1.807) is 38.3 Å². The van der Waals surface area contributed by atoms with Crippen LogP contribution in [0.2, 0.25) is 0 Å². The highest BCUT2D eigenvalue weighted by atomic mass is 32.2. The second-order valence-corrected chi connectivity index (χ2v) is 8.89. The van der Waals surface area contributed by atoms with Gasteiger partial charge in [0.1, 0.15) is 17.2 Å². The Hall–Kier alpha value is -3.64. The van der Waals surface area contributed by atoms with Gasteiger partial charge in [-0.2, -0.15) is 0 Å². The maximum atomic E-state index is 12.6. The van der Waals surface area contributed by atoms with Gasteiger partial charge in [0.15, 0.2) is 0 Å². The number of hydrogen-bond donors (Lipinski definition) is 0. The zero-order valence-electron chi connectivity index (χ0n) is 18.5. The largest absolute Gasteiger partial charge is 0.497 e. The Labute approximate surface area is 195 Å². The fourth-order valence-electron chi connectivity index (χ4n) is 4.23. The normalized spacial score (nSPS) is 14.8. The van der Waals surface area contributed by atoms with Gasteiger partial charge < -0.3 is 18.9 Å². The van der Waals surface area contributed by atoms with Crippen molar-refractivity contribution in [2.75, 3.05) is 21.3 Å². The minimum absolute atomic E-state index is 0.394. The molecule has 0 spiro atoms. The van der Waals surface area contributed by atoms with E-state index in [4.69, 9.17) is 18.9 Å². The number of allylic oxidation sites excluding steroid dienone is 1. The summed E-state index contributed by atoms with van der Waals surface area (Å²) in [5.74, 6) is 1.85. The standard InChI is InChI=1S/C27H22O5S/c1-29-20-10-6-18(7-11-20)27(19-8-12-21(30-2)13-9-19)16-17-15-23(26(28)31-3)22-5-4-14-32-24(22)25(17)33-27/h4-16H,1-3H3. The quantitative estimate of drug-likeness (QED) is 0.539. The van der Waals surface area contributed by atoms with Crippen LogP contribution in [0, 0.1) is 0 Å². The lowest BCUT2D eigenvalue weighted by Crippen LogP contribution is -2.24. The van der Waals surface area contributed by atoms with Crippen molar-refractivity contribution < 1.29 is 23.7 Å². The number of rotatable bonds is 5. The van der Waals surface area contributed by atoms with Gasteiger partial charge in [0.05, 0.1) is 42.8 Å². The summed E-state index contributed by atoms with van der Waals surface area (Å²) in [7, 11) is 4.70. The fraction of sp³-hybridized carbons (Fsp3) is 0.148. The van der Waals surface area contributed by atoms with Gasteiger partial charge in [-0.1, -0.05) is 30.3 Å². The molecule has 33 heavy (non-hydrogen) atoms. The Morgan fingerprint density at radius 3 is 2.06 bits per heavy atom. The minimum Gasteiger partial charge on any atom is -0.497 e. The molecule has 0 bridgehead atoms. The van der Waals surface area contributed by atoms with Gasteiger partial charge in [-0.05, 0) is 58.8 Å². The fourth-order valence-corrected chi connectivity index (χ4v) is 5.73. The topological polar surface area (TPSA) is 54.0 Å². The van der Waals surface area contributed by atoms with E-state index in [1.165, 1.54) is 7.11 Å². The third-order valence-electron chi connectivity index (χ3n) is 5.90. The van der Waals surface area contributed by atoms with Crippen molar-refractivity contribution in [1.29, 1.82) is 0 Å². The van der Waals surface area contributed by atoms with Gasteiger partial charge in [-0.25, -0.2) is 4.79 Å². The maximum Gasteiger partial charge on any atom is 0.338 e. The molecule has 3 aromatic rings. The third kappa shape index (κ3) is 3.47. The molecule has 0 radical (unpaired) electrons. The number of hydrogen-bond acceptors (Lipinski definition) is 6. The summed E-state index contributed by atoms with van der Waals surface area (Å²) in [5, 5.41) is 1.65. The van der Waals surface area contributed by atoms with E-state index < -0.39 is 10.7 Å². The van der Waals surface area contributed by atoms with Crippen LogP contribution < -0.4 is 24.6 Å². The highest BCUT2D eigenvalue weighted by Gasteiger charge is 2.39. The van der Waals surface area contributed by atoms with Crippen molar-refractivity contribution in [2.45, 2.75) is 9.64 Å². The molecule has 2 aliphatic heterocycles. The summed E-state index contributed by atoms with van der Waals surface area (Å²) in [6.45, 7) is 0. The second kappa shape index (κ2) is 8.37. The van der Waals surface area contributed by atoms with Gasteiger partial charge in [-0.15, -0.1) is 11.8 Å². The first-order valence-electron chi connectivity index (χ1n) is 10.4. The lowest BCUT2D eigenvalue weighted by Gasteiger charge is -2.29. The van der Waals surface area contributed by atoms with Gasteiger partial charge in [-0.3, -0.25) is 0 Å². The van der Waals surface area contributed by atoms with Crippen molar-refractivity contribution in [1.82, 2.24) is 0 Å².